The Morgan fingerprint density at radius 1 is 1.17 bits per heavy atom. The van der Waals surface area contributed by atoms with Crippen molar-refractivity contribution < 1.29 is 9.13 Å². The highest BCUT2D eigenvalue weighted by atomic mass is 19.1. The monoisotopic (exact) mass is 246 g/mol. The molecule has 0 aliphatic rings. The fourth-order valence-electron chi connectivity index (χ4n) is 1.62. The molecule has 0 aliphatic heterocycles. The number of nitrogen functional groups attached to an aromatic ring is 1. The minimum absolute atomic E-state index is 0.267. The first-order valence-corrected chi connectivity index (χ1v) is 5.74. The van der Waals surface area contributed by atoms with E-state index in [9.17, 15) is 4.39 Å². The van der Waals surface area contributed by atoms with Gasteiger partial charge in [0.15, 0.2) is 0 Å². The number of anilines is 3. The molecule has 0 saturated carbocycles. The number of nitrogens with one attached hydrogen (secondary N) is 1. The van der Waals surface area contributed by atoms with E-state index in [1.54, 1.807) is 12.1 Å². The Hall–Kier alpha value is -2.23. The van der Waals surface area contributed by atoms with E-state index in [2.05, 4.69) is 5.32 Å². The zero-order chi connectivity index (χ0) is 13.0. The van der Waals surface area contributed by atoms with Gasteiger partial charge in [-0.25, -0.2) is 4.39 Å². The third kappa shape index (κ3) is 2.71. The minimum atomic E-state index is -0.267. The van der Waals surface area contributed by atoms with Crippen LogP contribution in [0, 0.1) is 5.82 Å². The lowest BCUT2D eigenvalue weighted by Gasteiger charge is -2.13. The molecule has 0 heterocycles. The van der Waals surface area contributed by atoms with Crippen molar-refractivity contribution in [2.24, 2.45) is 0 Å². The van der Waals surface area contributed by atoms with Crippen molar-refractivity contribution in [1.29, 1.82) is 0 Å². The Morgan fingerprint density at radius 2 is 1.89 bits per heavy atom. The summed E-state index contributed by atoms with van der Waals surface area (Å²) in [5.41, 5.74) is 8.05. The van der Waals surface area contributed by atoms with Crippen molar-refractivity contribution >= 4 is 17.1 Å². The van der Waals surface area contributed by atoms with Crippen LogP contribution in [0.3, 0.4) is 0 Å². The van der Waals surface area contributed by atoms with Crippen molar-refractivity contribution in [3.63, 3.8) is 0 Å². The number of hydrogen-bond donors (Lipinski definition) is 2. The van der Waals surface area contributed by atoms with E-state index in [0.29, 0.717) is 18.0 Å². The van der Waals surface area contributed by atoms with Crippen LogP contribution >= 0.6 is 0 Å². The molecule has 18 heavy (non-hydrogen) atoms. The molecule has 4 heteroatoms. The molecule has 0 aliphatic carbocycles. The Balaban J connectivity index is 2.23. The van der Waals surface area contributed by atoms with Crippen LogP contribution in [0.5, 0.6) is 5.75 Å². The minimum Gasteiger partial charge on any atom is -0.492 e. The topological polar surface area (TPSA) is 47.3 Å². The summed E-state index contributed by atoms with van der Waals surface area (Å²) >= 11 is 0. The normalized spacial score (nSPS) is 10.1. The maximum atomic E-state index is 12.8. The van der Waals surface area contributed by atoms with Gasteiger partial charge in [0.05, 0.1) is 18.0 Å². The van der Waals surface area contributed by atoms with Gasteiger partial charge in [-0.3, -0.25) is 0 Å². The molecule has 2 rings (SSSR count). The summed E-state index contributed by atoms with van der Waals surface area (Å²) in [5.74, 6) is 0.376. The molecule has 0 bridgehead atoms. The third-order valence-electron chi connectivity index (χ3n) is 2.49. The largest absolute Gasteiger partial charge is 0.492 e. The Bertz CT molecular complexity index is 526. The fourth-order valence-corrected chi connectivity index (χ4v) is 1.62. The summed E-state index contributed by atoms with van der Waals surface area (Å²) in [6.07, 6.45) is 0. The van der Waals surface area contributed by atoms with Gasteiger partial charge in [-0.2, -0.15) is 0 Å². The van der Waals surface area contributed by atoms with E-state index < -0.39 is 0 Å². The van der Waals surface area contributed by atoms with Gasteiger partial charge in [0.2, 0.25) is 0 Å². The summed E-state index contributed by atoms with van der Waals surface area (Å²) < 4.78 is 18.2. The van der Waals surface area contributed by atoms with Crippen molar-refractivity contribution in [2.45, 2.75) is 6.92 Å². The summed E-state index contributed by atoms with van der Waals surface area (Å²) in [6.45, 7) is 2.46. The first-order valence-electron chi connectivity index (χ1n) is 5.74. The van der Waals surface area contributed by atoms with Gasteiger partial charge in [0.1, 0.15) is 11.6 Å². The highest BCUT2D eigenvalue weighted by molar-refractivity contribution is 5.77. The molecule has 0 atom stereocenters. The molecule has 0 aromatic heterocycles. The lowest BCUT2D eigenvalue weighted by Crippen LogP contribution is -2.01. The fraction of sp³-hybridized carbons (Fsp3) is 0.143. The molecule has 2 aromatic carbocycles. The summed E-state index contributed by atoms with van der Waals surface area (Å²) in [4.78, 5) is 0. The molecule has 0 unspecified atom stereocenters. The highest BCUT2D eigenvalue weighted by Crippen LogP contribution is 2.31. The molecule has 94 valence electrons. The molecule has 0 fully saturated rings. The van der Waals surface area contributed by atoms with Crippen LogP contribution in [0.2, 0.25) is 0 Å². The summed E-state index contributed by atoms with van der Waals surface area (Å²) in [6, 6.07) is 11.6. The Kier molecular flexibility index (Phi) is 3.67. The highest BCUT2D eigenvalue weighted by Gasteiger charge is 2.05. The quantitative estimate of drug-likeness (QED) is 0.811. The van der Waals surface area contributed by atoms with Gasteiger partial charge in [-0.05, 0) is 43.3 Å². The molecule has 2 aromatic rings. The van der Waals surface area contributed by atoms with Gasteiger partial charge in [-0.15, -0.1) is 0 Å². The van der Waals surface area contributed by atoms with Crippen molar-refractivity contribution in [3.8, 4) is 5.75 Å². The standard InChI is InChI=1S/C14H15FN2O/c1-2-18-13-5-3-4-12(14(13)16)17-11-8-6-10(15)7-9-11/h3-9,17H,2,16H2,1H3. The number of rotatable bonds is 4. The second-order valence-corrected chi connectivity index (χ2v) is 3.78. The van der Waals surface area contributed by atoms with Gasteiger partial charge in [-0.1, -0.05) is 6.07 Å². The molecular formula is C14H15FN2O. The number of hydrogen-bond acceptors (Lipinski definition) is 3. The Morgan fingerprint density at radius 3 is 2.56 bits per heavy atom. The number of ether oxygens (including phenoxy) is 1. The van der Waals surface area contributed by atoms with Crippen LogP contribution in [-0.4, -0.2) is 6.61 Å². The average Bonchev–Trinajstić information content (AvgIpc) is 2.37. The van der Waals surface area contributed by atoms with Crippen molar-refractivity contribution in [1.82, 2.24) is 0 Å². The van der Waals surface area contributed by atoms with Gasteiger partial charge in [0.25, 0.3) is 0 Å². The number of benzene rings is 2. The van der Waals surface area contributed by atoms with Crippen LogP contribution < -0.4 is 15.8 Å². The number of halogens is 1. The van der Waals surface area contributed by atoms with E-state index in [0.717, 1.165) is 11.4 Å². The maximum absolute atomic E-state index is 12.8. The SMILES string of the molecule is CCOc1cccc(Nc2ccc(F)cc2)c1N. The predicted octanol–water partition coefficient (Wildman–Crippen LogP) is 3.55. The predicted molar refractivity (Wildman–Crippen MR) is 71.7 cm³/mol. The van der Waals surface area contributed by atoms with Crippen LogP contribution in [0.4, 0.5) is 21.5 Å². The van der Waals surface area contributed by atoms with E-state index in [1.807, 2.05) is 25.1 Å². The maximum Gasteiger partial charge on any atom is 0.144 e. The zero-order valence-electron chi connectivity index (χ0n) is 10.1. The van der Waals surface area contributed by atoms with Crippen LogP contribution in [0.15, 0.2) is 42.5 Å². The Labute approximate surface area is 105 Å². The molecule has 0 spiro atoms. The van der Waals surface area contributed by atoms with E-state index in [-0.39, 0.29) is 5.82 Å². The van der Waals surface area contributed by atoms with Crippen LogP contribution in [-0.2, 0) is 0 Å². The number of para-hydroxylation sites is 1. The van der Waals surface area contributed by atoms with Gasteiger partial charge in [0, 0.05) is 5.69 Å². The summed E-state index contributed by atoms with van der Waals surface area (Å²) in [5, 5.41) is 3.13. The van der Waals surface area contributed by atoms with Crippen LogP contribution in [0.25, 0.3) is 0 Å². The second kappa shape index (κ2) is 5.40. The smallest absolute Gasteiger partial charge is 0.144 e. The molecule has 3 nitrogen and oxygen atoms in total. The van der Waals surface area contributed by atoms with Crippen molar-refractivity contribution in [2.75, 3.05) is 17.7 Å². The lowest BCUT2D eigenvalue weighted by molar-refractivity contribution is 0.342. The molecular weight excluding hydrogens is 231 g/mol. The van der Waals surface area contributed by atoms with Gasteiger partial charge < -0.3 is 15.8 Å². The average molecular weight is 246 g/mol. The first kappa shape index (κ1) is 12.2. The molecule has 0 amide bonds. The molecule has 0 radical (unpaired) electrons. The van der Waals surface area contributed by atoms with Crippen LogP contribution in [0.1, 0.15) is 6.92 Å². The number of nitrogens with two attached hydrogens (primary N) is 1. The molecule has 3 N–H and O–H groups in total. The van der Waals surface area contributed by atoms with E-state index in [4.69, 9.17) is 10.5 Å². The van der Waals surface area contributed by atoms with Gasteiger partial charge >= 0.3 is 0 Å². The lowest BCUT2D eigenvalue weighted by atomic mass is 10.2. The van der Waals surface area contributed by atoms with E-state index in [1.165, 1.54) is 12.1 Å². The zero-order valence-corrected chi connectivity index (χ0v) is 10.1. The molecule has 0 saturated heterocycles. The van der Waals surface area contributed by atoms with E-state index >= 15 is 0 Å². The third-order valence-corrected chi connectivity index (χ3v) is 2.49. The van der Waals surface area contributed by atoms with Crippen molar-refractivity contribution in [3.05, 3.63) is 48.3 Å². The summed E-state index contributed by atoms with van der Waals surface area (Å²) in [7, 11) is 0. The second-order valence-electron chi connectivity index (χ2n) is 3.78. The first-order chi connectivity index (χ1) is 8.70.